The fourth-order valence-corrected chi connectivity index (χ4v) is 3.26. The summed E-state index contributed by atoms with van der Waals surface area (Å²) >= 11 is 0. The lowest BCUT2D eigenvalue weighted by Gasteiger charge is -2.34. The molecule has 1 fully saturated rings. The molecule has 4 nitrogen and oxygen atoms in total. The van der Waals surface area contributed by atoms with Crippen molar-refractivity contribution in [2.45, 2.75) is 26.7 Å². The Morgan fingerprint density at radius 1 is 1.18 bits per heavy atom. The molecule has 0 spiro atoms. The molecule has 1 aliphatic rings. The van der Waals surface area contributed by atoms with E-state index in [-0.39, 0.29) is 5.97 Å². The van der Waals surface area contributed by atoms with Crippen LogP contribution in [0.5, 0.6) is 5.75 Å². The van der Waals surface area contributed by atoms with Crippen LogP contribution < -0.4 is 4.74 Å². The second-order valence-corrected chi connectivity index (χ2v) is 6.42. The predicted octanol–water partition coefficient (Wildman–Crippen LogP) is 3.22. The molecule has 0 radical (unpaired) electrons. The Labute approximate surface area is 133 Å². The summed E-state index contributed by atoms with van der Waals surface area (Å²) in [6, 6.07) is 7.10. The minimum absolute atomic E-state index is 0.320. The van der Waals surface area contributed by atoms with Crippen molar-refractivity contribution < 1.29 is 14.3 Å². The molecule has 2 atom stereocenters. The van der Waals surface area contributed by atoms with Crippen LogP contribution in [0, 0.1) is 11.8 Å². The maximum atomic E-state index is 11.3. The lowest BCUT2D eigenvalue weighted by atomic mass is 9.92. The lowest BCUT2D eigenvalue weighted by Crippen LogP contribution is -2.39. The monoisotopic (exact) mass is 305 g/mol. The van der Waals surface area contributed by atoms with Gasteiger partial charge in [0.05, 0.1) is 19.3 Å². The van der Waals surface area contributed by atoms with Gasteiger partial charge in [0, 0.05) is 19.6 Å². The van der Waals surface area contributed by atoms with Gasteiger partial charge in [-0.15, -0.1) is 0 Å². The maximum absolute atomic E-state index is 11.3. The first kappa shape index (κ1) is 16.8. The first-order chi connectivity index (χ1) is 10.6. The molecule has 0 aromatic heterocycles. The summed E-state index contributed by atoms with van der Waals surface area (Å²) < 4.78 is 10.4. The molecule has 1 aliphatic heterocycles. The van der Waals surface area contributed by atoms with E-state index in [0.717, 1.165) is 30.6 Å². The first-order valence-electron chi connectivity index (χ1n) is 8.12. The Balaban J connectivity index is 1.69. The maximum Gasteiger partial charge on any atom is 0.337 e. The number of likely N-dealkylation sites (tertiary alicyclic amines) is 1. The number of benzene rings is 1. The Bertz CT molecular complexity index is 462. The molecule has 2 unspecified atom stereocenters. The van der Waals surface area contributed by atoms with E-state index in [1.807, 2.05) is 12.1 Å². The van der Waals surface area contributed by atoms with Crippen LogP contribution in [0.2, 0.25) is 0 Å². The summed E-state index contributed by atoms with van der Waals surface area (Å²) in [5.41, 5.74) is 0.547. The molecular weight excluding hydrogens is 278 g/mol. The number of hydrogen-bond donors (Lipinski definition) is 0. The van der Waals surface area contributed by atoms with Crippen molar-refractivity contribution in [3.05, 3.63) is 29.8 Å². The van der Waals surface area contributed by atoms with E-state index in [1.165, 1.54) is 26.6 Å². The van der Waals surface area contributed by atoms with Crippen molar-refractivity contribution in [1.29, 1.82) is 0 Å². The number of rotatable bonds is 6. The van der Waals surface area contributed by atoms with Crippen molar-refractivity contribution in [1.82, 2.24) is 4.90 Å². The quantitative estimate of drug-likeness (QED) is 0.597. The van der Waals surface area contributed by atoms with Crippen LogP contribution in [-0.4, -0.2) is 44.2 Å². The van der Waals surface area contributed by atoms with E-state index in [4.69, 9.17) is 4.74 Å². The SMILES string of the molecule is COC(=O)c1ccc(OCCCN2CC(C)CC(C)C2)cc1. The van der Waals surface area contributed by atoms with Gasteiger partial charge in [0.15, 0.2) is 0 Å². The van der Waals surface area contributed by atoms with Gasteiger partial charge in [0.2, 0.25) is 0 Å². The number of ether oxygens (including phenoxy) is 2. The summed E-state index contributed by atoms with van der Waals surface area (Å²) in [5.74, 6) is 2.08. The molecule has 0 saturated carbocycles. The van der Waals surface area contributed by atoms with Gasteiger partial charge in [0.25, 0.3) is 0 Å². The molecule has 1 heterocycles. The lowest BCUT2D eigenvalue weighted by molar-refractivity contribution is 0.0600. The fourth-order valence-electron chi connectivity index (χ4n) is 3.26. The fraction of sp³-hybridized carbons (Fsp3) is 0.611. The normalized spacial score (nSPS) is 22.3. The van der Waals surface area contributed by atoms with Crippen LogP contribution in [0.3, 0.4) is 0 Å². The molecule has 122 valence electrons. The summed E-state index contributed by atoms with van der Waals surface area (Å²) in [6.07, 6.45) is 2.37. The van der Waals surface area contributed by atoms with Gasteiger partial charge in [-0.3, -0.25) is 0 Å². The zero-order valence-electron chi connectivity index (χ0n) is 13.9. The van der Waals surface area contributed by atoms with Crippen LogP contribution in [0.25, 0.3) is 0 Å². The van der Waals surface area contributed by atoms with E-state index in [1.54, 1.807) is 12.1 Å². The summed E-state index contributed by atoms with van der Waals surface area (Å²) in [5, 5.41) is 0. The molecule has 0 aliphatic carbocycles. The standard InChI is InChI=1S/C18H27NO3/c1-14-11-15(2)13-19(12-14)9-4-10-22-17-7-5-16(6-8-17)18(20)21-3/h5-8,14-15H,4,9-13H2,1-3H3. The number of piperidine rings is 1. The van der Waals surface area contributed by atoms with E-state index in [0.29, 0.717) is 12.2 Å². The minimum Gasteiger partial charge on any atom is -0.494 e. The van der Waals surface area contributed by atoms with Gasteiger partial charge >= 0.3 is 5.97 Å². The number of esters is 1. The molecule has 0 amide bonds. The summed E-state index contributed by atoms with van der Waals surface area (Å²) in [4.78, 5) is 13.9. The van der Waals surface area contributed by atoms with Crippen LogP contribution in [0.4, 0.5) is 0 Å². The average molecular weight is 305 g/mol. The number of nitrogens with zero attached hydrogens (tertiary/aromatic N) is 1. The van der Waals surface area contributed by atoms with Crippen molar-refractivity contribution >= 4 is 5.97 Å². The molecule has 4 heteroatoms. The first-order valence-corrected chi connectivity index (χ1v) is 8.12. The van der Waals surface area contributed by atoms with Crippen molar-refractivity contribution in [3.8, 4) is 5.75 Å². The third kappa shape index (κ3) is 5.02. The second-order valence-electron chi connectivity index (χ2n) is 6.42. The van der Waals surface area contributed by atoms with Crippen LogP contribution in [0.1, 0.15) is 37.0 Å². The highest BCUT2D eigenvalue weighted by atomic mass is 16.5. The Kier molecular flexibility index (Phi) is 6.25. The predicted molar refractivity (Wildman–Crippen MR) is 87.3 cm³/mol. The van der Waals surface area contributed by atoms with Crippen LogP contribution in [-0.2, 0) is 4.74 Å². The highest BCUT2D eigenvalue weighted by Gasteiger charge is 2.20. The molecule has 0 bridgehead atoms. The Morgan fingerprint density at radius 2 is 1.82 bits per heavy atom. The zero-order chi connectivity index (χ0) is 15.9. The van der Waals surface area contributed by atoms with Crippen LogP contribution in [0.15, 0.2) is 24.3 Å². The topological polar surface area (TPSA) is 38.8 Å². The third-order valence-corrected chi connectivity index (χ3v) is 4.11. The summed E-state index contributed by atoms with van der Waals surface area (Å²) in [6.45, 7) is 8.88. The number of hydrogen-bond acceptors (Lipinski definition) is 4. The van der Waals surface area contributed by atoms with E-state index in [2.05, 4.69) is 23.5 Å². The second kappa shape index (κ2) is 8.18. The number of methoxy groups -OCH3 is 1. The molecule has 1 saturated heterocycles. The zero-order valence-corrected chi connectivity index (χ0v) is 13.9. The van der Waals surface area contributed by atoms with Crippen LogP contribution >= 0.6 is 0 Å². The molecule has 2 rings (SSSR count). The highest BCUT2D eigenvalue weighted by molar-refractivity contribution is 5.89. The smallest absolute Gasteiger partial charge is 0.337 e. The van der Waals surface area contributed by atoms with Crippen molar-refractivity contribution in [2.75, 3.05) is 33.4 Å². The molecular formula is C18H27NO3. The van der Waals surface area contributed by atoms with Crippen molar-refractivity contribution in [3.63, 3.8) is 0 Å². The average Bonchev–Trinajstić information content (AvgIpc) is 2.50. The van der Waals surface area contributed by atoms with Gasteiger partial charge in [0.1, 0.15) is 5.75 Å². The molecule has 1 aromatic rings. The van der Waals surface area contributed by atoms with Gasteiger partial charge in [-0.25, -0.2) is 4.79 Å². The Hall–Kier alpha value is -1.55. The minimum atomic E-state index is -0.320. The Morgan fingerprint density at radius 3 is 2.41 bits per heavy atom. The van der Waals surface area contributed by atoms with E-state index in [9.17, 15) is 4.79 Å². The molecule has 0 N–H and O–H groups in total. The van der Waals surface area contributed by atoms with Gasteiger partial charge < -0.3 is 14.4 Å². The van der Waals surface area contributed by atoms with Crippen molar-refractivity contribution in [2.24, 2.45) is 11.8 Å². The number of carbonyl (C=O) groups excluding carboxylic acids is 1. The highest BCUT2D eigenvalue weighted by Crippen LogP contribution is 2.21. The van der Waals surface area contributed by atoms with E-state index < -0.39 is 0 Å². The number of carbonyl (C=O) groups is 1. The molecule has 22 heavy (non-hydrogen) atoms. The van der Waals surface area contributed by atoms with Gasteiger partial charge in [-0.1, -0.05) is 13.8 Å². The third-order valence-electron chi connectivity index (χ3n) is 4.11. The largest absolute Gasteiger partial charge is 0.494 e. The van der Waals surface area contributed by atoms with Gasteiger partial charge in [-0.05, 0) is 48.9 Å². The van der Waals surface area contributed by atoms with Gasteiger partial charge in [-0.2, -0.15) is 0 Å². The van der Waals surface area contributed by atoms with E-state index >= 15 is 0 Å². The summed E-state index contributed by atoms with van der Waals surface area (Å²) in [7, 11) is 1.38. The molecule has 1 aromatic carbocycles.